The molecule has 11 heteroatoms. The number of ether oxygens (including phenoxy) is 2. The fourth-order valence-electron chi connectivity index (χ4n) is 2.54. The molecule has 30 heavy (non-hydrogen) atoms. The summed E-state index contributed by atoms with van der Waals surface area (Å²) in [7, 11) is 0. The largest absolute Gasteiger partial charge is 0.466 e. The summed E-state index contributed by atoms with van der Waals surface area (Å²) in [6.45, 7) is 1.90. The summed E-state index contributed by atoms with van der Waals surface area (Å²) in [5.41, 5.74) is 0.725. The molecule has 0 aliphatic heterocycles. The second kappa shape index (κ2) is 9.59. The zero-order valence-electron chi connectivity index (χ0n) is 15.8. The monoisotopic (exact) mass is 438 g/mol. The Morgan fingerprint density at radius 1 is 1.30 bits per heavy atom. The Bertz CT molecular complexity index is 1050. The number of carbonyl (C=O) groups excluding carboxylic acids is 1. The third-order valence-corrected chi connectivity index (χ3v) is 4.06. The number of benzene rings is 1. The number of esters is 1. The SMILES string of the molecule is CCOC(=O)CC(O)Cc1cn(-c2ccc(Oc3ncc(Cl)cc3F)c(F)c2)nn1. The van der Waals surface area contributed by atoms with E-state index in [0.29, 0.717) is 11.4 Å². The van der Waals surface area contributed by atoms with Crippen molar-refractivity contribution in [2.75, 3.05) is 6.61 Å². The molecule has 1 unspecified atom stereocenters. The first-order chi connectivity index (χ1) is 14.4. The van der Waals surface area contributed by atoms with Crippen LogP contribution in [0.5, 0.6) is 11.6 Å². The van der Waals surface area contributed by atoms with Gasteiger partial charge >= 0.3 is 5.97 Å². The van der Waals surface area contributed by atoms with Crippen LogP contribution in [-0.2, 0) is 16.0 Å². The molecule has 2 heterocycles. The van der Waals surface area contributed by atoms with Crippen LogP contribution in [0, 0.1) is 11.6 Å². The molecular formula is C19H17ClF2N4O4. The minimum Gasteiger partial charge on any atom is -0.466 e. The maximum Gasteiger partial charge on any atom is 0.308 e. The number of halogens is 3. The van der Waals surface area contributed by atoms with Crippen LogP contribution >= 0.6 is 11.6 Å². The van der Waals surface area contributed by atoms with Gasteiger partial charge in [-0.2, -0.15) is 0 Å². The molecule has 1 N–H and O–H groups in total. The van der Waals surface area contributed by atoms with E-state index in [1.54, 1.807) is 6.92 Å². The highest BCUT2D eigenvalue weighted by molar-refractivity contribution is 6.30. The van der Waals surface area contributed by atoms with Crippen LogP contribution in [0.2, 0.25) is 5.02 Å². The van der Waals surface area contributed by atoms with E-state index in [9.17, 15) is 18.7 Å². The topological polar surface area (TPSA) is 99.4 Å². The smallest absolute Gasteiger partial charge is 0.308 e. The molecule has 1 atom stereocenters. The van der Waals surface area contributed by atoms with E-state index in [1.165, 1.54) is 29.2 Å². The first kappa shape index (κ1) is 21.6. The molecule has 0 aliphatic carbocycles. The third kappa shape index (κ3) is 5.49. The van der Waals surface area contributed by atoms with E-state index in [0.717, 1.165) is 12.1 Å². The number of aliphatic hydroxyl groups is 1. The number of aliphatic hydroxyl groups excluding tert-OH is 1. The normalized spacial score (nSPS) is 11.9. The predicted octanol–water partition coefficient (Wildman–Crippen LogP) is 3.24. The van der Waals surface area contributed by atoms with E-state index >= 15 is 0 Å². The Balaban J connectivity index is 1.68. The summed E-state index contributed by atoms with van der Waals surface area (Å²) in [6, 6.07) is 4.90. The summed E-state index contributed by atoms with van der Waals surface area (Å²) in [4.78, 5) is 15.1. The lowest BCUT2D eigenvalue weighted by Gasteiger charge is -2.08. The molecule has 0 saturated heterocycles. The maximum atomic E-state index is 14.4. The molecule has 3 rings (SSSR count). The maximum absolute atomic E-state index is 14.4. The molecular weight excluding hydrogens is 422 g/mol. The second-order valence-electron chi connectivity index (χ2n) is 6.18. The lowest BCUT2D eigenvalue weighted by Crippen LogP contribution is -2.18. The summed E-state index contributed by atoms with van der Waals surface area (Å²) in [6.07, 6.45) is 1.59. The van der Waals surface area contributed by atoms with Gasteiger partial charge in [-0.3, -0.25) is 4.79 Å². The van der Waals surface area contributed by atoms with Gasteiger partial charge in [-0.05, 0) is 25.1 Å². The Morgan fingerprint density at radius 2 is 2.10 bits per heavy atom. The van der Waals surface area contributed by atoms with Crippen LogP contribution in [0.25, 0.3) is 5.69 Å². The Morgan fingerprint density at radius 3 is 2.80 bits per heavy atom. The summed E-state index contributed by atoms with van der Waals surface area (Å²) >= 11 is 5.63. The molecule has 1 aromatic carbocycles. The van der Waals surface area contributed by atoms with Gasteiger partial charge in [0.15, 0.2) is 17.4 Å². The molecule has 0 spiro atoms. The fourth-order valence-corrected chi connectivity index (χ4v) is 2.68. The zero-order valence-corrected chi connectivity index (χ0v) is 16.5. The van der Waals surface area contributed by atoms with Gasteiger partial charge in [0, 0.05) is 18.7 Å². The molecule has 0 bridgehead atoms. The molecule has 0 amide bonds. The van der Waals surface area contributed by atoms with Gasteiger partial charge in [-0.1, -0.05) is 16.8 Å². The molecule has 2 aromatic heterocycles. The Kier molecular flexibility index (Phi) is 6.91. The van der Waals surface area contributed by atoms with Crippen LogP contribution in [0.4, 0.5) is 8.78 Å². The number of rotatable bonds is 8. The highest BCUT2D eigenvalue weighted by Crippen LogP contribution is 2.27. The van der Waals surface area contributed by atoms with Crippen LogP contribution in [0.3, 0.4) is 0 Å². The number of hydrogen-bond acceptors (Lipinski definition) is 7. The summed E-state index contributed by atoms with van der Waals surface area (Å²) in [5, 5.41) is 17.8. The van der Waals surface area contributed by atoms with Crippen LogP contribution < -0.4 is 4.74 Å². The molecule has 3 aromatic rings. The quantitative estimate of drug-likeness (QED) is 0.539. The van der Waals surface area contributed by atoms with Crippen LogP contribution in [0.1, 0.15) is 19.0 Å². The number of pyridine rings is 1. The fraction of sp³-hybridized carbons (Fsp3) is 0.263. The number of aromatic nitrogens is 4. The predicted molar refractivity (Wildman–Crippen MR) is 102 cm³/mol. The molecule has 8 nitrogen and oxygen atoms in total. The van der Waals surface area contributed by atoms with Gasteiger partial charge in [-0.15, -0.1) is 5.10 Å². The molecule has 0 fully saturated rings. The van der Waals surface area contributed by atoms with Crippen LogP contribution in [-0.4, -0.2) is 43.8 Å². The summed E-state index contributed by atoms with van der Waals surface area (Å²) in [5.74, 6) is -2.76. The van der Waals surface area contributed by atoms with Crippen molar-refractivity contribution in [1.29, 1.82) is 0 Å². The minimum atomic E-state index is -0.983. The van der Waals surface area contributed by atoms with Crippen molar-refractivity contribution in [3.05, 3.63) is 59.0 Å². The number of hydrogen-bond donors (Lipinski definition) is 1. The van der Waals surface area contributed by atoms with Crippen molar-refractivity contribution >= 4 is 17.6 Å². The van der Waals surface area contributed by atoms with Gasteiger partial charge in [0.25, 0.3) is 5.88 Å². The lowest BCUT2D eigenvalue weighted by atomic mass is 10.1. The van der Waals surface area contributed by atoms with Crippen LogP contribution in [0.15, 0.2) is 36.7 Å². The highest BCUT2D eigenvalue weighted by atomic mass is 35.5. The molecule has 0 saturated carbocycles. The van der Waals surface area contributed by atoms with Gasteiger partial charge in [-0.25, -0.2) is 18.4 Å². The van der Waals surface area contributed by atoms with Gasteiger partial charge in [0.1, 0.15) is 0 Å². The average Bonchev–Trinajstić information content (AvgIpc) is 3.13. The van der Waals surface area contributed by atoms with Gasteiger partial charge in [0.05, 0.1) is 41.7 Å². The van der Waals surface area contributed by atoms with Crippen molar-refractivity contribution < 1.29 is 28.2 Å². The van der Waals surface area contributed by atoms with E-state index in [-0.39, 0.29) is 30.2 Å². The minimum absolute atomic E-state index is 0.0734. The summed E-state index contributed by atoms with van der Waals surface area (Å²) < 4.78 is 39.4. The van der Waals surface area contributed by atoms with E-state index in [1.807, 2.05) is 0 Å². The third-order valence-electron chi connectivity index (χ3n) is 3.85. The average molecular weight is 439 g/mol. The Hall–Kier alpha value is -3.11. The highest BCUT2D eigenvalue weighted by Gasteiger charge is 2.16. The lowest BCUT2D eigenvalue weighted by molar-refractivity contribution is -0.145. The van der Waals surface area contributed by atoms with E-state index < -0.39 is 29.6 Å². The van der Waals surface area contributed by atoms with Gasteiger partial charge < -0.3 is 14.6 Å². The van der Waals surface area contributed by atoms with E-state index in [4.69, 9.17) is 21.1 Å². The number of nitrogens with zero attached hydrogens (tertiary/aromatic N) is 4. The zero-order chi connectivity index (χ0) is 21.7. The second-order valence-corrected chi connectivity index (χ2v) is 6.62. The first-order valence-electron chi connectivity index (χ1n) is 8.89. The van der Waals surface area contributed by atoms with Crippen molar-refractivity contribution in [1.82, 2.24) is 20.0 Å². The van der Waals surface area contributed by atoms with Crippen molar-refractivity contribution in [3.8, 4) is 17.3 Å². The van der Waals surface area contributed by atoms with Gasteiger partial charge in [0.2, 0.25) is 0 Å². The molecule has 0 radical (unpaired) electrons. The molecule has 158 valence electrons. The molecule has 0 aliphatic rings. The first-order valence-corrected chi connectivity index (χ1v) is 9.27. The van der Waals surface area contributed by atoms with Crippen molar-refractivity contribution in [2.45, 2.75) is 25.9 Å². The Labute approximate surface area is 175 Å². The van der Waals surface area contributed by atoms with Crippen molar-refractivity contribution in [2.24, 2.45) is 0 Å². The van der Waals surface area contributed by atoms with E-state index in [2.05, 4.69) is 15.3 Å². The number of carbonyl (C=O) groups is 1. The van der Waals surface area contributed by atoms with Crippen molar-refractivity contribution in [3.63, 3.8) is 0 Å². The standard InChI is InChI=1S/C19H17ClF2N4O4/c1-2-29-18(28)8-14(27)6-12-10-26(25-24-12)13-3-4-17(15(21)7-13)30-19-16(22)5-11(20)9-23-19/h3-5,7,9-10,14,27H,2,6,8H2,1H3.